The van der Waals surface area contributed by atoms with Crippen LogP contribution in [0.25, 0.3) is 0 Å². The Morgan fingerprint density at radius 3 is 2.63 bits per heavy atom. The molecule has 1 aliphatic heterocycles. The maximum atomic E-state index is 11.6. The molecule has 1 heterocycles. The zero-order chi connectivity index (χ0) is 14.2. The van der Waals surface area contributed by atoms with Crippen LogP contribution in [0.3, 0.4) is 0 Å². The number of halogens is 1. The summed E-state index contributed by atoms with van der Waals surface area (Å²) in [5, 5.41) is 0. The summed E-state index contributed by atoms with van der Waals surface area (Å²) < 4.78 is 24.0. The van der Waals surface area contributed by atoms with Gasteiger partial charge in [0.25, 0.3) is 0 Å². The number of anilines is 1. The van der Waals surface area contributed by atoms with E-state index in [9.17, 15) is 13.2 Å². The molecule has 1 unspecified atom stereocenters. The Kier molecular flexibility index (Phi) is 4.01. The van der Waals surface area contributed by atoms with E-state index in [0.717, 1.165) is 10.2 Å². The van der Waals surface area contributed by atoms with Crippen molar-refractivity contribution in [1.29, 1.82) is 0 Å². The second-order valence-electron chi connectivity index (χ2n) is 4.88. The average Bonchev–Trinajstić information content (AvgIpc) is 2.29. The standard InChI is InChI=1S/C13H16BrNO3S/c1-9-8-19(17,18)6-5-15(9)13-4-3-11(10(2)16)7-12(13)14/h3-4,7,9H,5-6,8H2,1-2H3. The molecule has 1 atom stereocenters. The van der Waals surface area contributed by atoms with E-state index in [1.54, 1.807) is 12.1 Å². The zero-order valence-corrected chi connectivity index (χ0v) is 13.3. The molecule has 0 radical (unpaired) electrons. The van der Waals surface area contributed by atoms with Crippen LogP contribution in [-0.4, -0.2) is 38.3 Å². The molecule has 1 aromatic rings. The molecule has 1 saturated heterocycles. The minimum atomic E-state index is -2.92. The highest BCUT2D eigenvalue weighted by Gasteiger charge is 2.29. The topological polar surface area (TPSA) is 54.5 Å². The van der Waals surface area contributed by atoms with Crippen LogP contribution in [0.2, 0.25) is 0 Å². The first-order valence-electron chi connectivity index (χ1n) is 6.08. The lowest BCUT2D eigenvalue weighted by atomic mass is 10.1. The van der Waals surface area contributed by atoms with Crippen LogP contribution >= 0.6 is 15.9 Å². The molecule has 4 nitrogen and oxygen atoms in total. The third-order valence-corrected chi connectivity index (χ3v) is 5.76. The number of sulfone groups is 1. The zero-order valence-electron chi connectivity index (χ0n) is 10.9. The maximum Gasteiger partial charge on any atom is 0.159 e. The molecule has 19 heavy (non-hydrogen) atoms. The maximum absolute atomic E-state index is 11.6. The smallest absolute Gasteiger partial charge is 0.159 e. The van der Waals surface area contributed by atoms with Crippen LogP contribution in [0.15, 0.2) is 22.7 Å². The molecule has 2 rings (SSSR count). The van der Waals surface area contributed by atoms with Crippen molar-refractivity contribution in [2.75, 3.05) is 23.0 Å². The molecule has 0 aliphatic carbocycles. The summed E-state index contributed by atoms with van der Waals surface area (Å²) in [6.07, 6.45) is 0. The number of hydrogen-bond acceptors (Lipinski definition) is 4. The largest absolute Gasteiger partial charge is 0.366 e. The highest BCUT2D eigenvalue weighted by molar-refractivity contribution is 9.10. The molecule has 1 fully saturated rings. The van der Waals surface area contributed by atoms with Gasteiger partial charge >= 0.3 is 0 Å². The summed E-state index contributed by atoms with van der Waals surface area (Å²) >= 11 is 3.46. The van der Waals surface area contributed by atoms with Gasteiger partial charge in [-0.15, -0.1) is 0 Å². The van der Waals surface area contributed by atoms with Crippen molar-refractivity contribution in [3.05, 3.63) is 28.2 Å². The van der Waals surface area contributed by atoms with Crippen LogP contribution in [-0.2, 0) is 9.84 Å². The van der Waals surface area contributed by atoms with Crippen molar-refractivity contribution in [1.82, 2.24) is 0 Å². The van der Waals surface area contributed by atoms with Crippen molar-refractivity contribution < 1.29 is 13.2 Å². The second kappa shape index (κ2) is 5.25. The molecule has 6 heteroatoms. The lowest BCUT2D eigenvalue weighted by molar-refractivity contribution is 0.101. The Bertz CT molecular complexity index is 612. The second-order valence-corrected chi connectivity index (χ2v) is 7.96. The summed E-state index contributed by atoms with van der Waals surface area (Å²) in [6.45, 7) is 3.92. The third-order valence-electron chi connectivity index (χ3n) is 3.33. The summed E-state index contributed by atoms with van der Waals surface area (Å²) in [6, 6.07) is 5.37. The summed E-state index contributed by atoms with van der Waals surface area (Å²) in [5.41, 5.74) is 1.58. The Balaban J connectivity index is 2.30. The monoisotopic (exact) mass is 345 g/mol. The Hall–Kier alpha value is -0.880. The number of nitrogens with zero attached hydrogens (tertiary/aromatic N) is 1. The van der Waals surface area contributed by atoms with Gasteiger partial charge in [-0.3, -0.25) is 4.79 Å². The summed E-state index contributed by atoms with van der Waals surface area (Å²) in [7, 11) is -2.92. The first-order chi connectivity index (χ1) is 8.80. The Morgan fingerprint density at radius 1 is 1.42 bits per heavy atom. The van der Waals surface area contributed by atoms with E-state index in [4.69, 9.17) is 0 Å². The number of rotatable bonds is 2. The number of carbonyl (C=O) groups excluding carboxylic acids is 1. The quantitative estimate of drug-likeness (QED) is 0.771. The van der Waals surface area contributed by atoms with Crippen molar-refractivity contribution in [2.45, 2.75) is 19.9 Å². The van der Waals surface area contributed by atoms with E-state index >= 15 is 0 Å². The molecule has 0 saturated carbocycles. The first-order valence-corrected chi connectivity index (χ1v) is 8.69. The highest BCUT2D eigenvalue weighted by Crippen LogP contribution is 2.30. The number of ketones is 1. The van der Waals surface area contributed by atoms with Gasteiger partial charge in [-0.05, 0) is 48.0 Å². The molecule has 1 aromatic carbocycles. The Morgan fingerprint density at radius 2 is 2.11 bits per heavy atom. The molecule has 0 spiro atoms. The molecule has 1 aliphatic rings. The van der Waals surface area contributed by atoms with Crippen molar-refractivity contribution in [3.8, 4) is 0 Å². The van der Waals surface area contributed by atoms with Gasteiger partial charge in [0, 0.05) is 22.6 Å². The molecular weight excluding hydrogens is 330 g/mol. The number of Topliss-reactive ketones (excluding diaryl/α,β-unsaturated/α-hetero) is 1. The van der Waals surface area contributed by atoms with E-state index in [1.165, 1.54) is 6.92 Å². The summed E-state index contributed by atoms with van der Waals surface area (Å²) in [5.74, 6) is 0.369. The van der Waals surface area contributed by atoms with E-state index in [0.29, 0.717) is 12.1 Å². The van der Waals surface area contributed by atoms with E-state index in [2.05, 4.69) is 20.8 Å². The van der Waals surface area contributed by atoms with E-state index < -0.39 is 9.84 Å². The lowest BCUT2D eigenvalue weighted by Gasteiger charge is -2.35. The minimum absolute atomic E-state index is 0.0153. The minimum Gasteiger partial charge on any atom is -0.366 e. The molecule has 104 valence electrons. The van der Waals surface area contributed by atoms with Gasteiger partial charge in [0.05, 0.1) is 17.2 Å². The predicted molar refractivity (Wildman–Crippen MR) is 79.6 cm³/mol. The fraction of sp³-hybridized carbons (Fsp3) is 0.462. The van der Waals surface area contributed by atoms with Gasteiger partial charge in [0.2, 0.25) is 0 Å². The lowest BCUT2D eigenvalue weighted by Crippen LogP contribution is -2.47. The highest BCUT2D eigenvalue weighted by atomic mass is 79.9. The number of benzene rings is 1. The van der Waals surface area contributed by atoms with Crippen molar-refractivity contribution in [3.63, 3.8) is 0 Å². The molecule has 0 bridgehead atoms. The fourth-order valence-corrected chi connectivity index (χ4v) is 4.48. The average molecular weight is 346 g/mol. The number of carbonyl (C=O) groups is 1. The van der Waals surface area contributed by atoms with Gasteiger partial charge in [0.1, 0.15) is 0 Å². The third kappa shape index (κ3) is 3.17. The Labute approximate surface area is 121 Å². The van der Waals surface area contributed by atoms with Gasteiger partial charge in [0.15, 0.2) is 15.6 Å². The fourth-order valence-electron chi connectivity index (χ4n) is 2.32. The van der Waals surface area contributed by atoms with Gasteiger partial charge in [-0.2, -0.15) is 0 Å². The molecule has 0 aromatic heterocycles. The van der Waals surface area contributed by atoms with E-state index in [-0.39, 0.29) is 23.3 Å². The van der Waals surface area contributed by atoms with Crippen LogP contribution in [0, 0.1) is 0 Å². The molecule has 0 N–H and O–H groups in total. The van der Waals surface area contributed by atoms with Crippen LogP contribution in [0.1, 0.15) is 24.2 Å². The van der Waals surface area contributed by atoms with Crippen LogP contribution in [0.5, 0.6) is 0 Å². The van der Waals surface area contributed by atoms with Gasteiger partial charge in [-0.25, -0.2) is 8.42 Å². The normalized spacial score (nSPS) is 22.3. The molecule has 0 amide bonds. The van der Waals surface area contributed by atoms with Crippen molar-refractivity contribution >= 4 is 37.2 Å². The van der Waals surface area contributed by atoms with Crippen LogP contribution < -0.4 is 4.90 Å². The van der Waals surface area contributed by atoms with E-state index in [1.807, 2.05) is 13.0 Å². The predicted octanol–water partition coefficient (Wildman–Crippen LogP) is 2.28. The van der Waals surface area contributed by atoms with Gasteiger partial charge in [-0.1, -0.05) is 0 Å². The number of hydrogen-bond donors (Lipinski definition) is 0. The van der Waals surface area contributed by atoms with Gasteiger partial charge < -0.3 is 4.90 Å². The molecular formula is C13H16BrNO3S. The van der Waals surface area contributed by atoms with Crippen LogP contribution in [0.4, 0.5) is 5.69 Å². The summed E-state index contributed by atoms with van der Waals surface area (Å²) in [4.78, 5) is 13.4. The first kappa shape index (κ1) is 14.5. The SMILES string of the molecule is CC(=O)c1ccc(N2CCS(=O)(=O)CC2C)c(Br)c1. The van der Waals surface area contributed by atoms with Crippen molar-refractivity contribution in [2.24, 2.45) is 0 Å².